The monoisotopic (exact) mass is 107 g/mol. The van der Waals surface area contributed by atoms with Crippen molar-refractivity contribution in [3.05, 3.63) is 0 Å². The van der Waals surface area contributed by atoms with Gasteiger partial charge in [-0.1, -0.05) is 0 Å². The van der Waals surface area contributed by atoms with Crippen LogP contribution in [0.3, 0.4) is 0 Å². The topological polar surface area (TPSA) is 44.5 Å². The lowest BCUT2D eigenvalue weighted by Crippen LogP contribution is -2.46. The summed E-state index contributed by atoms with van der Waals surface area (Å²) < 4.78 is 9.53. The maximum Gasteiger partial charge on any atom is 0.387 e. The van der Waals surface area contributed by atoms with Crippen LogP contribution in [-0.2, 0) is 8.23 Å². The zero-order valence-corrected chi connectivity index (χ0v) is 5.25. The van der Waals surface area contributed by atoms with Crippen LogP contribution in [0.2, 0.25) is 0 Å². The molecular weight excluding hydrogens is 102 g/mol. The molecule has 1 fully saturated rings. The highest BCUT2D eigenvalue weighted by Gasteiger charge is 2.15. The smallest absolute Gasteiger partial charge is 0.387 e. The second-order valence-corrected chi connectivity index (χ2v) is 4.46. The second kappa shape index (κ2) is 1.19. The van der Waals surface area contributed by atoms with Gasteiger partial charge in [-0.3, -0.25) is 0 Å². The molecule has 0 atom stereocenters. The van der Waals surface area contributed by atoms with E-state index in [2.05, 4.69) is 0 Å². The fourth-order valence-electron chi connectivity index (χ4n) is 0.147. The molecule has 0 unspecified atom stereocenters. The Labute approximate surface area is 34.1 Å². The van der Waals surface area contributed by atoms with Gasteiger partial charge in [-0.2, -0.15) is 0 Å². The average molecular weight is 107 g/mol. The van der Waals surface area contributed by atoms with Crippen LogP contribution >= 0.6 is 0 Å². The Kier molecular flexibility index (Phi) is 0.832. The minimum atomic E-state index is -1.41. The van der Waals surface area contributed by atoms with E-state index in [4.69, 9.17) is 13.6 Å². The minimum Gasteiger partial charge on any atom is -0.411 e. The van der Waals surface area contributed by atoms with E-state index in [1.54, 1.807) is 0 Å². The SMILES string of the molecule is N[SiH]1O[SiH2]O1. The lowest BCUT2D eigenvalue weighted by atomic mass is 13.9. The summed E-state index contributed by atoms with van der Waals surface area (Å²) in [6.07, 6.45) is 0. The van der Waals surface area contributed by atoms with Gasteiger partial charge in [0, 0.05) is 0 Å². The van der Waals surface area contributed by atoms with Crippen LogP contribution < -0.4 is 5.40 Å². The molecule has 2 N–H and O–H groups in total. The Morgan fingerprint density at radius 1 is 1.60 bits per heavy atom. The fourth-order valence-corrected chi connectivity index (χ4v) is 1.32. The number of hydrogen-bond donors (Lipinski definition) is 1. The molecule has 30 valence electrons. The van der Waals surface area contributed by atoms with E-state index in [0.717, 1.165) is 0 Å². The number of rotatable bonds is 0. The zero-order valence-electron chi connectivity index (χ0n) is 2.68. The molecule has 0 saturated carbocycles. The predicted octanol–water partition coefficient (Wildman–Crippen LogP) is -2.29. The van der Waals surface area contributed by atoms with Crippen LogP contribution in [0, 0.1) is 0 Å². The highest BCUT2D eigenvalue weighted by atomic mass is 28.4. The van der Waals surface area contributed by atoms with Crippen LogP contribution in [0.4, 0.5) is 0 Å². The van der Waals surface area contributed by atoms with Crippen molar-refractivity contribution in [2.75, 3.05) is 0 Å². The van der Waals surface area contributed by atoms with Crippen molar-refractivity contribution in [2.24, 2.45) is 5.40 Å². The predicted molar refractivity (Wildman–Crippen MR) is 22.1 cm³/mol. The molecule has 0 spiro atoms. The Hall–Kier alpha value is 0.314. The molecule has 3 nitrogen and oxygen atoms in total. The molecule has 1 aliphatic rings. The van der Waals surface area contributed by atoms with Crippen molar-refractivity contribution in [3.8, 4) is 0 Å². The van der Waals surface area contributed by atoms with E-state index in [1.165, 1.54) is 0 Å². The van der Waals surface area contributed by atoms with E-state index in [-0.39, 0.29) is 0 Å². The number of hydrogen-bond acceptors (Lipinski definition) is 3. The summed E-state index contributed by atoms with van der Waals surface area (Å²) in [6.45, 7) is 0. The van der Waals surface area contributed by atoms with Gasteiger partial charge in [-0.05, 0) is 0 Å². The molecule has 1 rings (SSSR count). The Bertz CT molecular complexity index is 34.6. The van der Waals surface area contributed by atoms with Crippen LogP contribution in [0.25, 0.3) is 0 Å². The van der Waals surface area contributed by atoms with E-state index in [0.29, 0.717) is 0 Å². The first-order valence-corrected chi connectivity index (χ1v) is 4.15. The van der Waals surface area contributed by atoms with Crippen LogP contribution in [0.1, 0.15) is 0 Å². The summed E-state index contributed by atoms with van der Waals surface area (Å²) in [5.74, 6) is 0. The third-order valence-corrected chi connectivity index (χ3v) is 4.18. The molecule has 0 amide bonds. The largest absolute Gasteiger partial charge is 0.411 e. The van der Waals surface area contributed by atoms with Crippen LogP contribution in [-0.4, -0.2) is 19.5 Å². The van der Waals surface area contributed by atoms with Crippen molar-refractivity contribution in [3.63, 3.8) is 0 Å². The van der Waals surface area contributed by atoms with Crippen molar-refractivity contribution < 1.29 is 8.23 Å². The Balaban J connectivity index is 2.08. The first-order valence-electron chi connectivity index (χ1n) is 1.38. The molecule has 0 bridgehead atoms. The molecular formula is H5NO2Si2. The van der Waals surface area contributed by atoms with Gasteiger partial charge in [-0.25, -0.2) is 0 Å². The third kappa shape index (κ3) is 0.579. The average Bonchev–Trinajstić information content (AvgIpc) is 1.30. The molecule has 0 aliphatic carbocycles. The molecule has 0 aromatic carbocycles. The van der Waals surface area contributed by atoms with E-state index in [1.807, 2.05) is 0 Å². The van der Waals surface area contributed by atoms with Crippen molar-refractivity contribution in [1.82, 2.24) is 0 Å². The molecule has 1 aliphatic heterocycles. The molecule has 0 radical (unpaired) electrons. The van der Waals surface area contributed by atoms with Gasteiger partial charge in [0.25, 0.3) is 10.0 Å². The van der Waals surface area contributed by atoms with Gasteiger partial charge in [-0.15, -0.1) is 0 Å². The Morgan fingerprint density at radius 3 is 2.00 bits per heavy atom. The Morgan fingerprint density at radius 2 is 2.00 bits per heavy atom. The summed E-state index contributed by atoms with van der Waals surface area (Å²) in [5.41, 5.74) is 0. The lowest BCUT2D eigenvalue weighted by molar-refractivity contribution is 0.313. The lowest BCUT2D eigenvalue weighted by Gasteiger charge is -2.19. The van der Waals surface area contributed by atoms with E-state index in [9.17, 15) is 0 Å². The first-order chi connectivity index (χ1) is 2.39. The molecule has 5 heteroatoms. The zero-order chi connectivity index (χ0) is 3.70. The quantitative estimate of drug-likeness (QED) is 0.354. The summed E-state index contributed by atoms with van der Waals surface area (Å²) in [7, 11) is -1.91. The van der Waals surface area contributed by atoms with Crippen molar-refractivity contribution in [2.45, 2.75) is 0 Å². The summed E-state index contributed by atoms with van der Waals surface area (Å²) in [4.78, 5) is 0. The van der Waals surface area contributed by atoms with Gasteiger partial charge in [0.1, 0.15) is 0 Å². The molecule has 5 heavy (non-hydrogen) atoms. The fraction of sp³-hybridized carbons (Fsp3) is 0. The normalized spacial score (nSPS) is 41.4. The third-order valence-electron chi connectivity index (χ3n) is 0.465. The van der Waals surface area contributed by atoms with Crippen molar-refractivity contribution >= 4 is 19.5 Å². The molecule has 0 aromatic heterocycles. The van der Waals surface area contributed by atoms with Gasteiger partial charge in [0.2, 0.25) is 0 Å². The minimum absolute atomic E-state index is 0.506. The van der Waals surface area contributed by atoms with Gasteiger partial charge >= 0.3 is 9.45 Å². The second-order valence-electron chi connectivity index (χ2n) is 0.820. The summed E-state index contributed by atoms with van der Waals surface area (Å²) in [6, 6.07) is 0. The van der Waals surface area contributed by atoms with Gasteiger partial charge < -0.3 is 13.6 Å². The van der Waals surface area contributed by atoms with Gasteiger partial charge in [0.05, 0.1) is 0 Å². The van der Waals surface area contributed by atoms with Gasteiger partial charge in [0.15, 0.2) is 0 Å². The molecule has 1 heterocycles. The van der Waals surface area contributed by atoms with Crippen LogP contribution in [0.5, 0.6) is 0 Å². The maximum absolute atomic E-state index is 5.11. The molecule has 0 aromatic rings. The summed E-state index contributed by atoms with van der Waals surface area (Å²) in [5, 5.41) is 5.11. The highest BCUT2D eigenvalue weighted by molar-refractivity contribution is 6.61. The maximum atomic E-state index is 5.11. The van der Waals surface area contributed by atoms with E-state index < -0.39 is 19.5 Å². The highest BCUT2D eigenvalue weighted by Crippen LogP contribution is 1.87. The first kappa shape index (κ1) is 3.50. The van der Waals surface area contributed by atoms with E-state index >= 15 is 0 Å². The molecule has 1 saturated heterocycles. The standard InChI is InChI=1S/H5NO2Si2/c1-5-2-4-3-5/h5H,1,4H2. The van der Waals surface area contributed by atoms with Crippen molar-refractivity contribution in [1.29, 1.82) is 0 Å². The number of nitrogens with two attached hydrogens (primary N) is 1. The van der Waals surface area contributed by atoms with Crippen LogP contribution in [0.15, 0.2) is 0 Å². The summed E-state index contributed by atoms with van der Waals surface area (Å²) >= 11 is 0.